The second kappa shape index (κ2) is 16.0. The highest BCUT2D eigenvalue weighted by Gasteiger charge is 2.30. The molecular weight excluding hydrogens is 637 g/mol. The molecule has 0 radical (unpaired) electrons. The molecule has 2 unspecified atom stereocenters. The third-order valence-electron chi connectivity index (χ3n) is 5.93. The van der Waals surface area contributed by atoms with Gasteiger partial charge in [-0.3, -0.25) is 19.2 Å². The number of carbonyl (C=O) groups is 4. The van der Waals surface area contributed by atoms with E-state index in [0.29, 0.717) is 0 Å². The van der Waals surface area contributed by atoms with E-state index in [-0.39, 0.29) is 32.6 Å². The summed E-state index contributed by atoms with van der Waals surface area (Å²) in [5, 5.41) is 14.2. The number of sulfone groups is 1. The van der Waals surface area contributed by atoms with Crippen LogP contribution in [-0.4, -0.2) is 67.8 Å². The molecule has 0 spiro atoms. The van der Waals surface area contributed by atoms with Gasteiger partial charge in [0, 0.05) is 28.2 Å². The Kier molecular flexibility index (Phi) is 13.3. The SMILES string of the molecule is CC(C)C(NC(=O)Cc1cc(S(C)(=O)=O)ccc1OC(F)F)C(=O)NC(CC(=O)O)C(=O)CSCc1c(F)cccc1Cl. The third kappa shape index (κ3) is 11.4. The highest BCUT2D eigenvalue weighted by Crippen LogP contribution is 2.26. The van der Waals surface area contributed by atoms with E-state index in [1.807, 2.05) is 0 Å². The molecule has 0 fully saturated rings. The first-order valence-electron chi connectivity index (χ1n) is 12.6. The fourth-order valence-electron chi connectivity index (χ4n) is 3.77. The largest absolute Gasteiger partial charge is 0.481 e. The van der Waals surface area contributed by atoms with Crippen molar-refractivity contribution in [3.8, 4) is 5.75 Å². The summed E-state index contributed by atoms with van der Waals surface area (Å²) in [5.41, 5.74) is -0.0258. The number of halogens is 4. The summed E-state index contributed by atoms with van der Waals surface area (Å²) in [6.45, 7) is -0.143. The number of nitrogens with one attached hydrogen (secondary N) is 2. The summed E-state index contributed by atoms with van der Waals surface area (Å²) < 4.78 is 68.0. The van der Waals surface area contributed by atoms with Crippen LogP contribution < -0.4 is 15.4 Å². The number of hydrogen-bond acceptors (Lipinski definition) is 8. The lowest BCUT2D eigenvalue weighted by Gasteiger charge is -2.25. The van der Waals surface area contributed by atoms with E-state index >= 15 is 0 Å². The van der Waals surface area contributed by atoms with Gasteiger partial charge < -0.3 is 20.5 Å². The Balaban J connectivity index is 2.15. The number of ether oxygens (including phenoxy) is 1. The number of hydrogen-bond donors (Lipinski definition) is 3. The molecule has 0 aromatic heterocycles. The van der Waals surface area contributed by atoms with Gasteiger partial charge in [-0.05, 0) is 36.2 Å². The van der Waals surface area contributed by atoms with Crippen LogP contribution in [0.2, 0.25) is 5.02 Å². The maximum Gasteiger partial charge on any atom is 0.387 e. The molecule has 0 aliphatic rings. The van der Waals surface area contributed by atoms with E-state index in [0.717, 1.165) is 36.2 Å². The molecule has 0 heterocycles. The molecule has 3 N–H and O–H groups in total. The first kappa shape index (κ1) is 35.9. The molecule has 2 rings (SSSR count). The zero-order valence-corrected chi connectivity index (χ0v) is 25.6. The maximum absolute atomic E-state index is 14.0. The Morgan fingerprint density at radius 1 is 1.09 bits per heavy atom. The molecule has 0 saturated heterocycles. The summed E-state index contributed by atoms with van der Waals surface area (Å²) in [5.74, 6) is -5.69. The van der Waals surface area contributed by atoms with Crippen LogP contribution in [-0.2, 0) is 41.2 Å². The van der Waals surface area contributed by atoms with Crippen molar-refractivity contribution in [3.05, 3.63) is 58.4 Å². The minimum absolute atomic E-state index is 0.00740. The minimum Gasteiger partial charge on any atom is -0.481 e. The molecule has 2 aromatic carbocycles. The van der Waals surface area contributed by atoms with E-state index in [1.54, 1.807) is 13.8 Å². The molecule has 2 aromatic rings. The molecular formula is C27H30ClF3N2O8S2. The molecule has 0 aliphatic heterocycles. The predicted molar refractivity (Wildman–Crippen MR) is 153 cm³/mol. The Hall–Kier alpha value is -3.30. The summed E-state index contributed by atoms with van der Waals surface area (Å²) in [4.78, 5) is 50.0. The van der Waals surface area contributed by atoms with Crippen molar-refractivity contribution in [3.63, 3.8) is 0 Å². The highest BCUT2D eigenvalue weighted by atomic mass is 35.5. The van der Waals surface area contributed by atoms with Gasteiger partial charge in [-0.25, -0.2) is 12.8 Å². The molecule has 16 heteroatoms. The number of Topliss-reactive ketones (excluding diaryl/α,β-unsaturated/α-hetero) is 1. The second-order valence-electron chi connectivity index (χ2n) is 9.70. The zero-order chi connectivity index (χ0) is 32.5. The Bertz CT molecular complexity index is 1440. The van der Waals surface area contributed by atoms with Crippen LogP contribution in [0.15, 0.2) is 41.3 Å². The monoisotopic (exact) mass is 666 g/mol. The summed E-state index contributed by atoms with van der Waals surface area (Å²) in [7, 11) is -3.76. The van der Waals surface area contributed by atoms with Crippen LogP contribution in [0.5, 0.6) is 5.75 Å². The Morgan fingerprint density at radius 3 is 2.33 bits per heavy atom. The van der Waals surface area contributed by atoms with Gasteiger partial charge in [0.15, 0.2) is 15.6 Å². The number of carboxylic acids is 1. The normalized spacial score (nSPS) is 13.0. The Morgan fingerprint density at radius 2 is 1.77 bits per heavy atom. The van der Waals surface area contributed by atoms with Crippen LogP contribution in [0, 0.1) is 11.7 Å². The predicted octanol–water partition coefficient (Wildman–Crippen LogP) is 3.63. The van der Waals surface area contributed by atoms with Gasteiger partial charge in [-0.15, -0.1) is 11.8 Å². The van der Waals surface area contributed by atoms with Crippen molar-refractivity contribution in [2.75, 3.05) is 12.0 Å². The van der Waals surface area contributed by atoms with Crippen molar-refractivity contribution in [1.82, 2.24) is 10.6 Å². The molecule has 43 heavy (non-hydrogen) atoms. The number of carbonyl (C=O) groups excluding carboxylic acids is 3. The topological polar surface area (TPSA) is 156 Å². The molecule has 2 amide bonds. The number of benzene rings is 2. The van der Waals surface area contributed by atoms with Gasteiger partial charge in [-0.1, -0.05) is 31.5 Å². The lowest BCUT2D eigenvalue weighted by Crippen LogP contribution is -2.54. The van der Waals surface area contributed by atoms with E-state index < -0.39 is 82.4 Å². The number of carboxylic acid groups (broad SMARTS) is 1. The van der Waals surface area contributed by atoms with E-state index in [2.05, 4.69) is 15.4 Å². The van der Waals surface area contributed by atoms with Crippen molar-refractivity contribution in [2.24, 2.45) is 5.92 Å². The summed E-state index contributed by atoms with van der Waals surface area (Å²) in [6.07, 6.45) is -0.521. The second-order valence-corrected chi connectivity index (χ2v) is 13.1. The van der Waals surface area contributed by atoms with E-state index in [1.165, 1.54) is 18.2 Å². The van der Waals surface area contributed by atoms with E-state index in [9.17, 15) is 45.9 Å². The quantitative estimate of drug-likeness (QED) is 0.244. The third-order valence-corrected chi connectivity index (χ3v) is 8.37. The Labute approximate surface area is 255 Å². The molecule has 0 saturated carbocycles. The number of thioether (sulfide) groups is 1. The van der Waals surface area contributed by atoms with Gasteiger partial charge >= 0.3 is 12.6 Å². The minimum atomic E-state index is -3.76. The van der Waals surface area contributed by atoms with Crippen LogP contribution in [0.4, 0.5) is 13.2 Å². The molecule has 10 nitrogen and oxygen atoms in total. The van der Waals surface area contributed by atoms with E-state index in [4.69, 9.17) is 11.6 Å². The summed E-state index contributed by atoms with van der Waals surface area (Å²) in [6, 6.07) is 4.35. The van der Waals surface area contributed by atoms with Crippen LogP contribution in [0.3, 0.4) is 0 Å². The van der Waals surface area contributed by atoms with Crippen molar-refractivity contribution < 1.29 is 50.6 Å². The number of rotatable bonds is 16. The van der Waals surface area contributed by atoms with Gasteiger partial charge in [0.2, 0.25) is 11.8 Å². The lowest BCUT2D eigenvalue weighted by atomic mass is 10.0. The first-order valence-corrected chi connectivity index (χ1v) is 16.0. The number of ketones is 1. The number of alkyl halides is 2. The van der Waals surface area contributed by atoms with Gasteiger partial charge in [0.1, 0.15) is 17.6 Å². The molecule has 2 atom stereocenters. The average molecular weight is 667 g/mol. The fraction of sp³-hybridized carbons (Fsp3) is 0.407. The number of amides is 2. The maximum atomic E-state index is 14.0. The van der Waals surface area contributed by atoms with Crippen LogP contribution >= 0.6 is 23.4 Å². The van der Waals surface area contributed by atoms with Gasteiger partial charge in [0.05, 0.1) is 29.5 Å². The van der Waals surface area contributed by atoms with Crippen LogP contribution in [0.25, 0.3) is 0 Å². The first-order chi connectivity index (χ1) is 20.0. The van der Waals surface area contributed by atoms with Crippen molar-refractivity contribution in [2.45, 2.75) is 56.0 Å². The molecule has 0 aliphatic carbocycles. The zero-order valence-electron chi connectivity index (χ0n) is 23.2. The van der Waals surface area contributed by atoms with Gasteiger partial charge in [0.25, 0.3) is 0 Å². The standard InChI is InChI=1S/C27H30ClF3N2O8S2/c1-14(2)25(33-23(35)10-15-9-16(43(3,39)40)7-8-22(15)41-27(30)31)26(38)32-20(11-24(36)37)21(34)13-42-12-17-18(28)5-4-6-19(17)29/h4-9,14,20,25,27H,10-13H2,1-3H3,(H,32,38)(H,33,35)(H,36,37). The summed E-state index contributed by atoms with van der Waals surface area (Å²) >= 11 is 6.95. The fourth-order valence-corrected chi connectivity index (χ4v) is 5.76. The molecule has 0 bridgehead atoms. The number of aliphatic carboxylic acids is 1. The van der Waals surface area contributed by atoms with Crippen molar-refractivity contribution in [1.29, 1.82) is 0 Å². The smallest absolute Gasteiger partial charge is 0.387 e. The highest BCUT2D eigenvalue weighted by molar-refractivity contribution is 7.99. The molecule has 236 valence electrons. The lowest BCUT2D eigenvalue weighted by molar-refractivity contribution is -0.140. The average Bonchev–Trinajstić information content (AvgIpc) is 2.88. The van der Waals surface area contributed by atoms with Crippen molar-refractivity contribution >= 4 is 56.8 Å². The van der Waals surface area contributed by atoms with Crippen LogP contribution in [0.1, 0.15) is 31.4 Å². The van der Waals surface area contributed by atoms with Gasteiger partial charge in [-0.2, -0.15) is 8.78 Å².